The second-order valence-electron chi connectivity index (χ2n) is 7.55. The minimum atomic E-state index is -0.713. The van der Waals surface area contributed by atoms with Crippen LogP contribution in [0.2, 0.25) is 0 Å². The molecule has 30 heavy (non-hydrogen) atoms. The van der Waals surface area contributed by atoms with Crippen molar-refractivity contribution < 1.29 is 23.3 Å². The number of amidine groups is 1. The van der Waals surface area contributed by atoms with Gasteiger partial charge in [-0.05, 0) is 17.7 Å². The van der Waals surface area contributed by atoms with Gasteiger partial charge in [0.15, 0.2) is 24.7 Å². The summed E-state index contributed by atoms with van der Waals surface area (Å²) in [6, 6.07) is 5.38. The van der Waals surface area contributed by atoms with E-state index in [4.69, 9.17) is 0 Å². The molecule has 2 saturated heterocycles. The number of rotatable bonds is 2. The van der Waals surface area contributed by atoms with Gasteiger partial charge in [0.25, 0.3) is 5.91 Å². The van der Waals surface area contributed by atoms with E-state index in [0.717, 1.165) is 10.6 Å². The van der Waals surface area contributed by atoms with Gasteiger partial charge in [0.1, 0.15) is 11.7 Å². The minimum Gasteiger partial charge on any atom is -0.330 e. The lowest BCUT2D eigenvalue weighted by Gasteiger charge is -2.38. The molecule has 3 aliphatic rings. The Labute approximate surface area is 173 Å². The summed E-state index contributed by atoms with van der Waals surface area (Å²) >= 11 is 0. The Balaban J connectivity index is 1.65. The zero-order valence-corrected chi connectivity index (χ0v) is 16.9. The summed E-state index contributed by atoms with van der Waals surface area (Å²) in [5.41, 5.74) is 1.30. The van der Waals surface area contributed by atoms with Crippen LogP contribution in [0, 0.1) is 11.7 Å². The molecule has 0 aliphatic carbocycles. The Hall–Kier alpha value is -3.36. The molecule has 1 aromatic rings. The van der Waals surface area contributed by atoms with Crippen LogP contribution in [0.3, 0.4) is 0 Å². The van der Waals surface area contributed by atoms with Crippen LogP contribution in [0.25, 0.3) is 0 Å². The molecule has 9 heteroatoms. The SMILES string of the molecule is CC(=O)N1CC[N+](=C2C=CN=C3C2C(=O)N(Cc2cccc(F)c2)C(=O)N3C)CC1. The van der Waals surface area contributed by atoms with E-state index in [-0.39, 0.29) is 18.4 Å². The number of carbonyl (C=O) groups is 3. The van der Waals surface area contributed by atoms with Crippen molar-refractivity contribution in [2.75, 3.05) is 33.2 Å². The van der Waals surface area contributed by atoms with Crippen molar-refractivity contribution in [3.8, 4) is 0 Å². The van der Waals surface area contributed by atoms with Crippen molar-refractivity contribution in [2.24, 2.45) is 10.9 Å². The maximum Gasteiger partial charge on any atom is 0.332 e. The van der Waals surface area contributed by atoms with Gasteiger partial charge in [-0.1, -0.05) is 12.1 Å². The number of aliphatic imine (C=N–C) groups is 1. The average molecular weight is 412 g/mol. The summed E-state index contributed by atoms with van der Waals surface area (Å²) in [7, 11) is 1.59. The lowest BCUT2D eigenvalue weighted by Crippen LogP contribution is -2.61. The Morgan fingerprint density at radius 2 is 2.00 bits per heavy atom. The maximum absolute atomic E-state index is 13.6. The monoisotopic (exact) mass is 412 g/mol. The van der Waals surface area contributed by atoms with Gasteiger partial charge in [-0.15, -0.1) is 0 Å². The van der Waals surface area contributed by atoms with Crippen molar-refractivity contribution in [3.05, 3.63) is 47.9 Å². The van der Waals surface area contributed by atoms with Crippen LogP contribution in [0.1, 0.15) is 12.5 Å². The highest BCUT2D eigenvalue weighted by Gasteiger charge is 2.48. The van der Waals surface area contributed by atoms with Crippen LogP contribution in [0.4, 0.5) is 9.18 Å². The normalized spacial score (nSPS) is 21.8. The Morgan fingerprint density at radius 1 is 1.27 bits per heavy atom. The van der Waals surface area contributed by atoms with Gasteiger partial charge < -0.3 is 4.90 Å². The molecule has 4 rings (SSSR count). The molecule has 1 aromatic carbocycles. The Bertz CT molecular complexity index is 1010. The predicted octanol–water partition coefficient (Wildman–Crippen LogP) is 1.08. The molecule has 3 aliphatic heterocycles. The fraction of sp³-hybridized carbons (Fsp3) is 0.381. The number of benzene rings is 1. The molecule has 0 radical (unpaired) electrons. The van der Waals surface area contributed by atoms with Crippen molar-refractivity contribution in [1.29, 1.82) is 0 Å². The van der Waals surface area contributed by atoms with Crippen LogP contribution in [-0.2, 0) is 16.1 Å². The lowest BCUT2D eigenvalue weighted by molar-refractivity contribution is -0.538. The molecular weight excluding hydrogens is 389 g/mol. The maximum atomic E-state index is 13.6. The number of carbonyl (C=O) groups excluding carboxylic acids is 3. The molecule has 2 fully saturated rings. The van der Waals surface area contributed by atoms with Crippen molar-refractivity contribution >= 4 is 29.4 Å². The van der Waals surface area contributed by atoms with Gasteiger partial charge in [-0.3, -0.25) is 19.4 Å². The average Bonchev–Trinajstić information content (AvgIpc) is 2.75. The summed E-state index contributed by atoms with van der Waals surface area (Å²) in [5, 5.41) is 0. The molecule has 4 amide bonds. The van der Waals surface area contributed by atoms with Crippen molar-refractivity contribution in [2.45, 2.75) is 13.5 Å². The van der Waals surface area contributed by atoms with Crippen molar-refractivity contribution in [1.82, 2.24) is 14.7 Å². The number of hydrogen-bond acceptors (Lipinski definition) is 4. The van der Waals surface area contributed by atoms with Crippen LogP contribution >= 0.6 is 0 Å². The van der Waals surface area contributed by atoms with Crippen LogP contribution < -0.4 is 0 Å². The highest BCUT2D eigenvalue weighted by molar-refractivity contribution is 6.30. The second kappa shape index (κ2) is 7.81. The molecule has 0 saturated carbocycles. The van der Waals surface area contributed by atoms with E-state index in [1.165, 1.54) is 17.0 Å². The zero-order chi connectivity index (χ0) is 21.4. The predicted molar refractivity (Wildman–Crippen MR) is 107 cm³/mol. The minimum absolute atomic E-state index is 0.0152. The molecule has 1 atom stereocenters. The first-order valence-corrected chi connectivity index (χ1v) is 9.82. The molecule has 0 spiro atoms. The van der Waals surface area contributed by atoms with E-state index in [1.807, 2.05) is 0 Å². The largest absolute Gasteiger partial charge is 0.332 e. The smallest absolute Gasteiger partial charge is 0.330 e. The van der Waals surface area contributed by atoms with Gasteiger partial charge in [0.05, 0.1) is 19.6 Å². The third-order valence-corrected chi connectivity index (χ3v) is 5.70. The molecule has 0 bridgehead atoms. The van der Waals surface area contributed by atoms with E-state index >= 15 is 0 Å². The summed E-state index contributed by atoms with van der Waals surface area (Å²) in [6.07, 6.45) is 3.39. The third kappa shape index (κ3) is 3.51. The number of allylic oxidation sites excluding steroid dienone is 1. The summed E-state index contributed by atoms with van der Waals surface area (Å²) in [5.74, 6) is -1.10. The molecular formula is C21H23FN5O3+. The first kappa shape index (κ1) is 19.9. The number of halogens is 1. The number of amides is 4. The van der Waals surface area contributed by atoms with Crippen molar-refractivity contribution in [3.63, 3.8) is 0 Å². The molecule has 0 aromatic heterocycles. The fourth-order valence-electron chi connectivity index (χ4n) is 4.07. The van der Waals surface area contributed by atoms with Gasteiger partial charge in [0.2, 0.25) is 5.91 Å². The van der Waals surface area contributed by atoms with E-state index in [2.05, 4.69) is 9.57 Å². The van der Waals surface area contributed by atoms with Gasteiger partial charge in [-0.25, -0.2) is 18.8 Å². The fourth-order valence-corrected chi connectivity index (χ4v) is 4.07. The number of piperazine rings is 1. The summed E-state index contributed by atoms with van der Waals surface area (Å²) in [6.45, 7) is 3.86. The second-order valence-corrected chi connectivity index (χ2v) is 7.55. The number of urea groups is 1. The summed E-state index contributed by atoms with van der Waals surface area (Å²) < 4.78 is 15.7. The highest BCUT2D eigenvalue weighted by atomic mass is 19.1. The topological polar surface area (TPSA) is 76.3 Å². The zero-order valence-electron chi connectivity index (χ0n) is 16.9. The standard InChI is InChI=1S/C21H23FN5O3/c1-14(28)25-8-10-26(11-9-25)17-6-7-23-19-18(17)20(29)27(21(30)24(19)2)13-15-4-3-5-16(22)12-15/h3-7,12,18H,8-11,13H2,1-2H3/q+1. The Kier molecular flexibility index (Phi) is 5.19. The first-order valence-electron chi connectivity index (χ1n) is 9.82. The van der Waals surface area contributed by atoms with Gasteiger partial charge >= 0.3 is 6.03 Å². The van der Waals surface area contributed by atoms with Crippen LogP contribution in [0.15, 0.2) is 41.5 Å². The third-order valence-electron chi connectivity index (χ3n) is 5.70. The van der Waals surface area contributed by atoms with E-state index in [1.54, 1.807) is 43.3 Å². The van der Waals surface area contributed by atoms with E-state index in [0.29, 0.717) is 37.6 Å². The van der Waals surface area contributed by atoms with Gasteiger partial charge in [0, 0.05) is 26.2 Å². The number of imide groups is 1. The summed E-state index contributed by atoms with van der Waals surface area (Å²) in [4.78, 5) is 46.4. The molecule has 0 N–H and O–H groups in total. The van der Waals surface area contributed by atoms with E-state index < -0.39 is 17.8 Å². The van der Waals surface area contributed by atoms with Gasteiger partial charge in [-0.2, -0.15) is 0 Å². The molecule has 1 unspecified atom stereocenters. The van der Waals surface area contributed by atoms with E-state index in [9.17, 15) is 18.8 Å². The molecule has 8 nitrogen and oxygen atoms in total. The Morgan fingerprint density at radius 3 is 2.67 bits per heavy atom. The highest BCUT2D eigenvalue weighted by Crippen LogP contribution is 2.25. The lowest BCUT2D eigenvalue weighted by atomic mass is 9.94. The first-order chi connectivity index (χ1) is 14.4. The molecule has 156 valence electrons. The number of hydrogen-bond donors (Lipinski definition) is 0. The molecule has 3 heterocycles. The number of nitrogens with zero attached hydrogens (tertiary/aromatic N) is 5. The van der Waals surface area contributed by atoms with Crippen LogP contribution in [-0.4, -0.2) is 81.9 Å². The van der Waals surface area contributed by atoms with Crippen LogP contribution in [0.5, 0.6) is 0 Å². The quantitative estimate of drug-likeness (QED) is 0.682. The number of fused-ring (bicyclic) bond motifs is 1.